The highest BCUT2D eigenvalue weighted by atomic mass is 16.2. The van der Waals surface area contributed by atoms with E-state index in [2.05, 4.69) is 22.5 Å². The molecule has 0 bridgehead atoms. The first kappa shape index (κ1) is 14.0. The minimum Gasteiger partial charge on any atom is -0.323 e. The third kappa shape index (κ3) is 2.95. The largest absolute Gasteiger partial charge is 0.323 e. The molecule has 2 rings (SSSR count). The molecule has 0 aromatic carbocycles. The van der Waals surface area contributed by atoms with Crippen LogP contribution in [0.15, 0.2) is 12.1 Å². The average molecular weight is 261 g/mol. The minimum atomic E-state index is -0.383. The number of rotatable bonds is 4. The van der Waals surface area contributed by atoms with Gasteiger partial charge >= 0.3 is 0 Å². The molecule has 1 fully saturated rings. The highest BCUT2D eigenvalue weighted by molar-refractivity contribution is 5.98. The van der Waals surface area contributed by atoms with E-state index in [-0.39, 0.29) is 11.4 Å². The molecule has 0 spiro atoms. The molecule has 1 aromatic rings. The van der Waals surface area contributed by atoms with Gasteiger partial charge in [0.2, 0.25) is 5.91 Å². The molecule has 104 valence electrons. The number of pyridine rings is 1. The van der Waals surface area contributed by atoms with Crippen molar-refractivity contribution in [1.29, 1.82) is 0 Å². The summed E-state index contributed by atoms with van der Waals surface area (Å²) in [4.78, 5) is 16.9. The van der Waals surface area contributed by atoms with Crippen molar-refractivity contribution in [2.45, 2.75) is 52.0 Å². The normalized spacial score (nSPS) is 22.5. The summed E-state index contributed by atoms with van der Waals surface area (Å²) in [6, 6.07) is 3.86. The molecule has 4 nitrogen and oxygen atoms in total. The zero-order valence-electron chi connectivity index (χ0n) is 12.0. The van der Waals surface area contributed by atoms with Crippen LogP contribution in [0.4, 0.5) is 5.69 Å². The number of nitrogens with zero attached hydrogens (tertiary/aromatic N) is 1. The van der Waals surface area contributed by atoms with Gasteiger partial charge in [-0.1, -0.05) is 13.3 Å². The van der Waals surface area contributed by atoms with Crippen LogP contribution in [-0.4, -0.2) is 23.0 Å². The quantitative estimate of drug-likeness (QED) is 0.876. The second-order valence-corrected chi connectivity index (χ2v) is 5.40. The van der Waals surface area contributed by atoms with Gasteiger partial charge in [0.05, 0.1) is 16.9 Å². The van der Waals surface area contributed by atoms with Gasteiger partial charge in [0.15, 0.2) is 0 Å². The molecule has 2 heterocycles. The summed E-state index contributed by atoms with van der Waals surface area (Å²) in [5, 5.41) is 6.43. The molecule has 1 aromatic heterocycles. The Bertz CT molecular complexity index is 464. The van der Waals surface area contributed by atoms with Crippen LogP contribution in [0.5, 0.6) is 0 Å². The van der Waals surface area contributed by atoms with Crippen molar-refractivity contribution in [3.8, 4) is 0 Å². The summed E-state index contributed by atoms with van der Waals surface area (Å²) < 4.78 is 0. The van der Waals surface area contributed by atoms with Crippen LogP contribution in [0.1, 0.15) is 44.0 Å². The van der Waals surface area contributed by atoms with Gasteiger partial charge in [-0.05, 0) is 51.8 Å². The minimum absolute atomic E-state index is 0.0839. The molecule has 1 saturated heterocycles. The number of aryl methyl sites for hydroxylation is 2. The third-order valence-corrected chi connectivity index (χ3v) is 3.83. The van der Waals surface area contributed by atoms with E-state index in [1.165, 1.54) is 0 Å². The van der Waals surface area contributed by atoms with Crippen molar-refractivity contribution in [1.82, 2.24) is 10.3 Å². The van der Waals surface area contributed by atoms with Gasteiger partial charge < -0.3 is 10.6 Å². The Balaban J connectivity index is 2.15. The summed E-state index contributed by atoms with van der Waals surface area (Å²) in [7, 11) is 0. The number of anilines is 1. The van der Waals surface area contributed by atoms with E-state index in [1.54, 1.807) is 0 Å². The lowest BCUT2D eigenvalue weighted by Crippen LogP contribution is -2.50. The van der Waals surface area contributed by atoms with E-state index in [0.29, 0.717) is 0 Å². The Morgan fingerprint density at radius 3 is 2.84 bits per heavy atom. The van der Waals surface area contributed by atoms with Crippen molar-refractivity contribution < 1.29 is 4.79 Å². The first-order valence-electron chi connectivity index (χ1n) is 7.08. The molecule has 1 aliphatic heterocycles. The van der Waals surface area contributed by atoms with Crippen molar-refractivity contribution >= 4 is 11.6 Å². The second-order valence-electron chi connectivity index (χ2n) is 5.40. The van der Waals surface area contributed by atoms with E-state index in [1.807, 2.05) is 26.0 Å². The summed E-state index contributed by atoms with van der Waals surface area (Å²) >= 11 is 0. The van der Waals surface area contributed by atoms with Crippen LogP contribution in [-0.2, 0) is 4.79 Å². The molecule has 1 unspecified atom stereocenters. The number of aromatic nitrogens is 1. The van der Waals surface area contributed by atoms with Crippen molar-refractivity contribution in [2.75, 3.05) is 11.9 Å². The molecule has 2 N–H and O–H groups in total. The molecule has 1 amide bonds. The topological polar surface area (TPSA) is 54.0 Å². The summed E-state index contributed by atoms with van der Waals surface area (Å²) in [5.74, 6) is 0.0839. The summed E-state index contributed by atoms with van der Waals surface area (Å²) in [5.41, 5.74) is 2.28. The van der Waals surface area contributed by atoms with Gasteiger partial charge in [-0.2, -0.15) is 0 Å². The lowest BCUT2D eigenvalue weighted by molar-refractivity contribution is -0.122. The van der Waals surface area contributed by atoms with Crippen LogP contribution in [0.3, 0.4) is 0 Å². The number of carbonyl (C=O) groups excluding carboxylic acids is 1. The van der Waals surface area contributed by atoms with Gasteiger partial charge in [-0.3, -0.25) is 9.78 Å². The molecule has 4 heteroatoms. The van der Waals surface area contributed by atoms with Gasteiger partial charge in [0.1, 0.15) is 0 Å². The predicted octanol–water partition coefficient (Wildman–Crippen LogP) is 2.56. The van der Waals surface area contributed by atoms with Crippen molar-refractivity contribution in [3.05, 3.63) is 23.5 Å². The van der Waals surface area contributed by atoms with E-state index >= 15 is 0 Å². The fourth-order valence-electron chi connectivity index (χ4n) is 2.81. The van der Waals surface area contributed by atoms with E-state index in [0.717, 1.165) is 49.3 Å². The van der Waals surface area contributed by atoms with E-state index < -0.39 is 0 Å². The molecular weight excluding hydrogens is 238 g/mol. The number of nitrogens with one attached hydrogen (secondary N) is 2. The molecule has 0 aliphatic carbocycles. The van der Waals surface area contributed by atoms with Crippen LogP contribution in [0.25, 0.3) is 0 Å². The lowest BCUT2D eigenvalue weighted by atomic mass is 9.90. The van der Waals surface area contributed by atoms with Crippen molar-refractivity contribution in [2.24, 2.45) is 0 Å². The highest BCUT2D eigenvalue weighted by Gasteiger charge is 2.39. The third-order valence-electron chi connectivity index (χ3n) is 3.83. The SMILES string of the molecule is CCCC1(C(=O)Nc2ccc(C)nc2C)CCCN1. The van der Waals surface area contributed by atoms with Gasteiger partial charge in [0, 0.05) is 5.69 Å². The maximum absolute atomic E-state index is 12.6. The predicted molar refractivity (Wildman–Crippen MR) is 77.2 cm³/mol. The first-order valence-corrected chi connectivity index (χ1v) is 7.08. The zero-order valence-corrected chi connectivity index (χ0v) is 12.0. The monoisotopic (exact) mass is 261 g/mol. The Morgan fingerprint density at radius 1 is 1.47 bits per heavy atom. The zero-order chi connectivity index (χ0) is 13.9. The van der Waals surface area contributed by atoms with Crippen LogP contribution >= 0.6 is 0 Å². The van der Waals surface area contributed by atoms with Gasteiger partial charge in [-0.15, -0.1) is 0 Å². The van der Waals surface area contributed by atoms with Crippen LogP contribution in [0, 0.1) is 13.8 Å². The molecule has 0 saturated carbocycles. The van der Waals surface area contributed by atoms with Crippen LogP contribution < -0.4 is 10.6 Å². The Morgan fingerprint density at radius 2 is 2.26 bits per heavy atom. The number of hydrogen-bond donors (Lipinski definition) is 2. The Kier molecular flexibility index (Phi) is 4.20. The number of hydrogen-bond acceptors (Lipinski definition) is 3. The van der Waals surface area contributed by atoms with Gasteiger partial charge in [-0.25, -0.2) is 0 Å². The first-order chi connectivity index (χ1) is 9.07. The highest BCUT2D eigenvalue weighted by Crippen LogP contribution is 2.27. The maximum Gasteiger partial charge on any atom is 0.244 e. The molecular formula is C15H23N3O. The van der Waals surface area contributed by atoms with Crippen LogP contribution in [0.2, 0.25) is 0 Å². The molecule has 0 radical (unpaired) electrons. The summed E-state index contributed by atoms with van der Waals surface area (Å²) in [6.45, 7) is 6.93. The fraction of sp³-hybridized carbons (Fsp3) is 0.600. The maximum atomic E-state index is 12.6. The number of carbonyl (C=O) groups is 1. The smallest absolute Gasteiger partial charge is 0.244 e. The molecule has 19 heavy (non-hydrogen) atoms. The molecule has 1 aliphatic rings. The fourth-order valence-corrected chi connectivity index (χ4v) is 2.81. The summed E-state index contributed by atoms with van der Waals surface area (Å²) in [6.07, 6.45) is 3.88. The van der Waals surface area contributed by atoms with E-state index in [9.17, 15) is 4.79 Å². The Hall–Kier alpha value is -1.42. The lowest BCUT2D eigenvalue weighted by Gasteiger charge is -2.28. The number of amides is 1. The van der Waals surface area contributed by atoms with Gasteiger partial charge in [0.25, 0.3) is 0 Å². The van der Waals surface area contributed by atoms with E-state index in [4.69, 9.17) is 0 Å². The van der Waals surface area contributed by atoms with Crippen molar-refractivity contribution in [3.63, 3.8) is 0 Å². The average Bonchev–Trinajstić information content (AvgIpc) is 2.83. The standard InChI is InChI=1S/C15H23N3O/c1-4-8-15(9-5-10-16-15)14(19)18-13-7-6-11(2)17-12(13)3/h6-7,16H,4-5,8-10H2,1-3H3,(H,18,19). The second kappa shape index (κ2) is 5.70. The Labute approximate surface area is 115 Å². The molecule has 1 atom stereocenters.